The molecule has 0 bridgehead atoms. The summed E-state index contributed by atoms with van der Waals surface area (Å²) in [5.74, 6) is -0.407. The van der Waals surface area contributed by atoms with Gasteiger partial charge in [0, 0.05) is 24.2 Å². The molecule has 7 heteroatoms. The highest BCUT2D eigenvalue weighted by molar-refractivity contribution is 7.89. The molecule has 1 heterocycles. The molecule has 0 amide bonds. The maximum absolute atomic E-state index is 14.0. The van der Waals surface area contributed by atoms with E-state index in [1.807, 2.05) is 0 Å². The van der Waals surface area contributed by atoms with E-state index < -0.39 is 15.8 Å². The normalized spacial score (nSPS) is 18.9. The molecule has 0 aromatic heterocycles. The SMILES string of the molecule is NC(=S)c1cccc(CN2CCCS2(=O)=O)c1F. The summed E-state index contributed by atoms with van der Waals surface area (Å²) < 4.78 is 38.6. The van der Waals surface area contributed by atoms with Crippen molar-refractivity contribution in [2.45, 2.75) is 13.0 Å². The Kier molecular flexibility index (Phi) is 3.65. The van der Waals surface area contributed by atoms with Crippen LogP contribution in [0.15, 0.2) is 18.2 Å². The monoisotopic (exact) mass is 288 g/mol. The van der Waals surface area contributed by atoms with Crippen molar-refractivity contribution >= 4 is 27.2 Å². The Morgan fingerprint density at radius 1 is 1.50 bits per heavy atom. The third-order valence-electron chi connectivity index (χ3n) is 2.89. The lowest BCUT2D eigenvalue weighted by molar-refractivity contribution is 0.430. The van der Waals surface area contributed by atoms with E-state index in [2.05, 4.69) is 0 Å². The highest BCUT2D eigenvalue weighted by Crippen LogP contribution is 2.20. The van der Waals surface area contributed by atoms with E-state index >= 15 is 0 Å². The molecule has 98 valence electrons. The van der Waals surface area contributed by atoms with Crippen molar-refractivity contribution in [3.8, 4) is 0 Å². The Morgan fingerprint density at radius 2 is 2.22 bits per heavy atom. The van der Waals surface area contributed by atoms with E-state index in [0.717, 1.165) is 0 Å². The van der Waals surface area contributed by atoms with Crippen LogP contribution in [0.5, 0.6) is 0 Å². The Balaban J connectivity index is 2.30. The van der Waals surface area contributed by atoms with Crippen molar-refractivity contribution in [1.29, 1.82) is 0 Å². The van der Waals surface area contributed by atoms with Gasteiger partial charge in [-0.2, -0.15) is 4.31 Å². The molecule has 0 radical (unpaired) electrons. The van der Waals surface area contributed by atoms with Crippen LogP contribution in [0.4, 0.5) is 4.39 Å². The van der Waals surface area contributed by atoms with Crippen LogP contribution in [0.2, 0.25) is 0 Å². The molecule has 0 spiro atoms. The van der Waals surface area contributed by atoms with Crippen molar-refractivity contribution in [3.05, 3.63) is 35.1 Å². The Bertz CT molecular complexity index is 587. The number of nitrogens with zero attached hydrogens (tertiary/aromatic N) is 1. The number of hydrogen-bond donors (Lipinski definition) is 1. The second-order valence-corrected chi connectivity index (χ2v) is 6.67. The number of hydrogen-bond acceptors (Lipinski definition) is 3. The largest absolute Gasteiger partial charge is 0.389 e. The zero-order chi connectivity index (χ0) is 13.3. The van der Waals surface area contributed by atoms with Crippen LogP contribution in [0.3, 0.4) is 0 Å². The molecular formula is C11H13FN2O2S2. The molecule has 1 aliphatic heterocycles. The minimum atomic E-state index is -3.23. The molecule has 2 rings (SSSR count). The number of nitrogens with two attached hydrogens (primary N) is 1. The van der Waals surface area contributed by atoms with Gasteiger partial charge in [0.2, 0.25) is 10.0 Å². The van der Waals surface area contributed by atoms with Gasteiger partial charge in [0.25, 0.3) is 0 Å². The predicted molar refractivity (Wildman–Crippen MR) is 71.1 cm³/mol. The number of sulfonamides is 1. The highest BCUT2D eigenvalue weighted by Gasteiger charge is 2.29. The van der Waals surface area contributed by atoms with Crippen LogP contribution < -0.4 is 5.73 Å². The molecule has 0 unspecified atom stereocenters. The first-order valence-corrected chi connectivity index (χ1v) is 7.48. The first-order valence-electron chi connectivity index (χ1n) is 5.47. The molecule has 0 saturated carbocycles. The first kappa shape index (κ1) is 13.4. The summed E-state index contributed by atoms with van der Waals surface area (Å²) in [4.78, 5) is -0.0290. The Hall–Kier alpha value is -1.05. The molecule has 1 aromatic carbocycles. The minimum absolute atomic E-state index is 0.0290. The Labute approximate surface area is 111 Å². The van der Waals surface area contributed by atoms with E-state index in [9.17, 15) is 12.8 Å². The van der Waals surface area contributed by atoms with Gasteiger partial charge in [-0.25, -0.2) is 12.8 Å². The second-order valence-electron chi connectivity index (χ2n) is 4.15. The predicted octanol–water partition coefficient (Wildman–Crippen LogP) is 0.995. The number of rotatable bonds is 3. The lowest BCUT2D eigenvalue weighted by Crippen LogP contribution is -2.26. The van der Waals surface area contributed by atoms with Crippen LogP contribution in [-0.2, 0) is 16.6 Å². The molecule has 4 nitrogen and oxygen atoms in total. The van der Waals surface area contributed by atoms with E-state index in [4.69, 9.17) is 18.0 Å². The summed E-state index contributed by atoms with van der Waals surface area (Å²) in [6.07, 6.45) is 0.582. The van der Waals surface area contributed by atoms with Crippen LogP contribution in [0, 0.1) is 5.82 Å². The molecule has 1 aromatic rings. The molecule has 2 N–H and O–H groups in total. The van der Waals surface area contributed by atoms with Gasteiger partial charge in [-0.05, 0) is 12.5 Å². The first-order chi connectivity index (χ1) is 8.42. The van der Waals surface area contributed by atoms with Crippen molar-refractivity contribution < 1.29 is 12.8 Å². The fourth-order valence-corrected chi connectivity index (χ4v) is 3.60. The van der Waals surface area contributed by atoms with Gasteiger partial charge in [0.05, 0.1) is 5.75 Å². The zero-order valence-electron chi connectivity index (χ0n) is 9.60. The maximum atomic E-state index is 14.0. The van der Waals surface area contributed by atoms with E-state index in [1.165, 1.54) is 10.4 Å². The van der Waals surface area contributed by atoms with Gasteiger partial charge in [0.1, 0.15) is 10.8 Å². The lowest BCUT2D eigenvalue weighted by atomic mass is 10.1. The molecule has 1 fully saturated rings. The molecule has 0 aliphatic carbocycles. The van der Waals surface area contributed by atoms with Gasteiger partial charge < -0.3 is 5.73 Å². The van der Waals surface area contributed by atoms with E-state index in [0.29, 0.717) is 18.5 Å². The molecular weight excluding hydrogens is 275 g/mol. The van der Waals surface area contributed by atoms with Gasteiger partial charge in [-0.1, -0.05) is 24.4 Å². The average molecular weight is 288 g/mol. The number of thiocarbonyl (C=S) groups is 1. The summed E-state index contributed by atoms with van der Waals surface area (Å²) in [6, 6.07) is 4.65. The summed E-state index contributed by atoms with van der Waals surface area (Å²) in [7, 11) is -3.23. The zero-order valence-corrected chi connectivity index (χ0v) is 11.2. The van der Waals surface area contributed by atoms with Crippen LogP contribution >= 0.6 is 12.2 Å². The van der Waals surface area contributed by atoms with Gasteiger partial charge in [-0.15, -0.1) is 0 Å². The molecule has 1 aliphatic rings. The summed E-state index contributed by atoms with van der Waals surface area (Å²) in [5.41, 5.74) is 5.85. The fourth-order valence-electron chi connectivity index (χ4n) is 1.95. The van der Waals surface area contributed by atoms with Crippen molar-refractivity contribution in [1.82, 2.24) is 4.31 Å². The summed E-state index contributed by atoms with van der Waals surface area (Å²) in [6.45, 7) is 0.462. The van der Waals surface area contributed by atoms with Crippen LogP contribution in [0.25, 0.3) is 0 Å². The fraction of sp³-hybridized carbons (Fsp3) is 0.364. The van der Waals surface area contributed by atoms with Crippen molar-refractivity contribution in [2.75, 3.05) is 12.3 Å². The third kappa shape index (κ3) is 2.52. The Morgan fingerprint density at radius 3 is 2.78 bits per heavy atom. The minimum Gasteiger partial charge on any atom is -0.389 e. The summed E-state index contributed by atoms with van der Waals surface area (Å²) in [5, 5.41) is 0. The van der Waals surface area contributed by atoms with Crippen LogP contribution in [-0.4, -0.2) is 30.0 Å². The van der Waals surface area contributed by atoms with Crippen LogP contribution in [0.1, 0.15) is 17.5 Å². The lowest BCUT2D eigenvalue weighted by Gasteiger charge is -2.15. The number of benzene rings is 1. The smallest absolute Gasteiger partial charge is 0.214 e. The van der Waals surface area contributed by atoms with Crippen molar-refractivity contribution in [3.63, 3.8) is 0 Å². The molecule has 0 atom stereocenters. The van der Waals surface area contributed by atoms with Gasteiger partial charge >= 0.3 is 0 Å². The van der Waals surface area contributed by atoms with Crippen molar-refractivity contribution in [2.24, 2.45) is 5.73 Å². The molecule has 1 saturated heterocycles. The van der Waals surface area contributed by atoms with E-state index in [1.54, 1.807) is 12.1 Å². The van der Waals surface area contributed by atoms with Gasteiger partial charge in [0.15, 0.2) is 0 Å². The summed E-state index contributed by atoms with van der Waals surface area (Å²) >= 11 is 4.74. The molecule has 18 heavy (non-hydrogen) atoms. The third-order valence-corrected chi connectivity index (χ3v) is 5.02. The second kappa shape index (κ2) is 4.91. The standard InChI is InChI=1S/C11H13FN2O2S2/c12-10-8(3-1-4-9(10)11(13)17)7-14-5-2-6-18(14,15)16/h1,3-4H,2,5-7H2,(H2,13,17). The quantitative estimate of drug-likeness (QED) is 0.843. The average Bonchev–Trinajstić information content (AvgIpc) is 2.61. The van der Waals surface area contributed by atoms with Gasteiger partial charge in [-0.3, -0.25) is 0 Å². The van der Waals surface area contributed by atoms with E-state index in [-0.39, 0.29) is 22.8 Å². The maximum Gasteiger partial charge on any atom is 0.214 e. The number of halogens is 1. The highest BCUT2D eigenvalue weighted by atomic mass is 32.2. The topological polar surface area (TPSA) is 63.4 Å².